The molecule has 0 aromatic rings. The van der Waals surface area contributed by atoms with Crippen LogP contribution in [0.2, 0.25) is 0 Å². The monoisotopic (exact) mass is 535 g/mol. The van der Waals surface area contributed by atoms with E-state index in [1.54, 1.807) is 34.6 Å². The van der Waals surface area contributed by atoms with Crippen molar-refractivity contribution >= 4 is 52.1 Å². The van der Waals surface area contributed by atoms with E-state index < -0.39 is 28.7 Å². The summed E-state index contributed by atoms with van der Waals surface area (Å²) in [6.45, 7) is 8.36. The van der Waals surface area contributed by atoms with Crippen LogP contribution in [0.15, 0.2) is 0 Å². The molecule has 1 aliphatic rings. The van der Waals surface area contributed by atoms with Gasteiger partial charge in [0.15, 0.2) is 0 Å². The molecular formula is C11H18I2O5V. The van der Waals surface area contributed by atoms with Gasteiger partial charge in [-0.2, -0.15) is 0 Å². The molecule has 5 nitrogen and oxygen atoms in total. The van der Waals surface area contributed by atoms with Gasteiger partial charge >= 0.3 is 61.5 Å². The predicted molar refractivity (Wildman–Crippen MR) is 83.9 cm³/mol. The second-order valence-corrected chi connectivity index (χ2v) is 16.9. The molecule has 0 radical (unpaired) electrons. The van der Waals surface area contributed by atoms with Crippen LogP contribution in [-0.2, 0) is 28.5 Å². The zero-order chi connectivity index (χ0) is 15.5. The first-order chi connectivity index (χ1) is 8.50. The molecule has 0 bridgehead atoms. The average molecular weight is 535 g/mol. The fourth-order valence-electron chi connectivity index (χ4n) is 2.06. The Hall–Kier alpha value is 0.784. The van der Waals surface area contributed by atoms with Crippen molar-refractivity contribution in [2.45, 2.75) is 45.8 Å². The van der Waals surface area contributed by atoms with Gasteiger partial charge in [0.2, 0.25) is 0 Å². The first-order valence-corrected chi connectivity index (χ1v) is 14.4. The Morgan fingerprint density at radius 2 is 1.42 bits per heavy atom. The van der Waals surface area contributed by atoms with E-state index in [1.807, 2.05) is 0 Å². The third-order valence-corrected chi connectivity index (χ3v) is 3.68. The summed E-state index contributed by atoms with van der Waals surface area (Å²) in [6, 6.07) is 0. The third kappa shape index (κ3) is 3.91. The molecule has 1 saturated heterocycles. The zero-order valence-corrected chi connectivity index (χ0v) is 17.5. The van der Waals surface area contributed by atoms with Crippen LogP contribution in [0.3, 0.4) is 0 Å². The van der Waals surface area contributed by atoms with E-state index in [1.165, 1.54) is 7.11 Å². The molecule has 0 unspecified atom stereocenters. The van der Waals surface area contributed by atoms with Gasteiger partial charge in [-0.05, 0) is 34.6 Å². The molecule has 1 fully saturated rings. The summed E-state index contributed by atoms with van der Waals surface area (Å²) in [7, 11) is 1.93. The van der Waals surface area contributed by atoms with E-state index >= 15 is 0 Å². The van der Waals surface area contributed by atoms with E-state index in [0.29, 0.717) is 9.47 Å². The first kappa shape index (κ1) is 19.8. The van der Waals surface area contributed by atoms with Gasteiger partial charge in [0.05, 0.1) is 7.11 Å². The number of cyclic esters (lactones) is 2. The number of rotatable bonds is 1. The SMILES string of the molecule is COC(=O)C1(C)C(C)(C)OC(=O)OC1(C)C.[I][V][I]. The Morgan fingerprint density at radius 3 is 1.68 bits per heavy atom. The minimum atomic E-state index is -1.07. The Kier molecular flexibility index (Phi) is 7.47. The molecule has 1 rings (SSSR count). The number of carbonyl (C=O) groups excluding carboxylic acids is 2. The predicted octanol–water partition coefficient (Wildman–Crippen LogP) is 3.66. The number of hydrogen-bond acceptors (Lipinski definition) is 5. The molecule has 0 aliphatic carbocycles. The van der Waals surface area contributed by atoms with Gasteiger partial charge < -0.3 is 14.2 Å². The molecule has 8 heteroatoms. The van der Waals surface area contributed by atoms with E-state index in [4.69, 9.17) is 14.2 Å². The van der Waals surface area contributed by atoms with Gasteiger partial charge in [0.1, 0.15) is 16.6 Å². The number of carbonyl (C=O) groups is 2. The summed E-state index contributed by atoms with van der Waals surface area (Å²) in [5.74, 6) is -0.463. The summed E-state index contributed by atoms with van der Waals surface area (Å²) >= 11 is 4.74. The number of ether oxygens (including phenoxy) is 3. The standard InChI is InChI=1S/C11H18O5.2HI.V/c1-9(2)11(5,7(12)14-6)10(3,4)16-8(13)15-9;;;/h1-6H3;2*1H;/q;;;+2/p-2. The topological polar surface area (TPSA) is 61.8 Å². The van der Waals surface area contributed by atoms with E-state index in [9.17, 15) is 9.59 Å². The second kappa shape index (κ2) is 7.17. The van der Waals surface area contributed by atoms with Gasteiger partial charge in [-0.25, -0.2) is 4.79 Å². The summed E-state index contributed by atoms with van der Waals surface area (Å²) in [5.41, 5.74) is -3.04. The van der Waals surface area contributed by atoms with Crippen molar-refractivity contribution in [2.75, 3.05) is 7.11 Å². The van der Waals surface area contributed by atoms with E-state index in [2.05, 4.69) is 40.0 Å². The Labute approximate surface area is 142 Å². The molecule has 0 amide bonds. The average Bonchev–Trinajstić information content (AvgIpc) is 2.24. The molecule has 19 heavy (non-hydrogen) atoms. The fraction of sp³-hybridized carbons (Fsp3) is 0.818. The number of halogens is 2. The number of hydrogen-bond donors (Lipinski definition) is 0. The van der Waals surface area contributed by atoms with Crippen molar-refractivity contribution < 1.29 is 33.3 Å². The maximum atomic E-state index is 11.9. The Morgan fingerprint density at radius 1 is 1.11 bits per heavy atom. The molecule has 0 atom stereocenters. The van der Waals surface area contributed by atoms with Crippen molar-refractivity contribution in [2.24, 2.45) is 5.41 Å². The summed E-state index contributed by atoms with van der Waals surface area (Å²) in [4.78, 5) is 23.2. The van der Waals surface area contributed by atoms with Gasteiger partial charge in [-0.1, -0.05) is 0 Å². The van der Waals surface area contributed by atoms with Gasteiger partial charge in [0.25, 0.3) is 0 Å². The minimum absolute atomic E-state index is 0.463. The van der Waals surface area contributed by atoms with Gasteiger partial charge in [0, 0.05) is 0 Å². The number of methoxy groups -OCH3 is 1. The number of esters is 1. The van der Waals surface area contributed by atoms with E-state index in [0.717, 1.165) is 0 Å². The Balaban J connectivity index is 0.000000982. The van der Waals surface area contributed by atoms with Crippen LogP contribution < -0.4 is 0 Å². The normalized spacial score (nSPS) is 22.0. The molecule has 0 aromatic carbocycles. The van der Waals surface area contributed by atoms with Gasteiger partial charge in [-0.15, -0.1) is 0 Å². The molecule has 0 N–H and O–H groups in total. The molecule has 1 heterocycles. The maximum absolute atomic E-state index is 11.9. The quantitative estimate of drug-likeness (QED) is 0.379. The molecule has 0 spiro atoms. The summed E-state index contributed by atoms with van der Waals surface area (Å²) in [5, 5.41) is 0. The van der Waals surface area contributed by atoms with Crippen molar-refractivity contribution in [3.8, 4) is 0 Å². The molecule has 0 saturated carbocycles. The molecular weight excluding hydrogens is 517 g/mol. The molecule has 1 aliphatic heterocycles. The molecule has 111 valence electrons. The van der Waals surface area contributed by atoms with Crippen LogP contribution >= 0.6 is 40.0 Å². The first-order valence-electron chi connectivity index (χ1n) is 5.43. The second-order valence-electron chi connectivity index (χ2n) is 5.16. The van der Waals surface area contributed by atoms with Crippen molar-refractivity contribution in [3.05, 3.63) is 0 Å². The molecule has 0 aromatic heterocycles. The zero-order valence-electron chi connectivity index (χ0n) is 11.7. The summed E-state index contributed by atoms with van der Waals surface area (Å²) in [6.07, 6.45) is -0.767. The van der Waals surface area contributed by atoms with E-state index in [-0.39, 0.29) is 0 Å². The third-order valence-electron chi connectivity index (χ3n) is 3.68. The van der Waals surface area contributed by atoms with Gasteiger partial charge in [-0.3, -0.25) is 4.79 Å². The van der Waals surface area contributed by atoms with Crippen LogP contribution in [-0.4, -0.2) is 30.4 Å². The summed E-state index contributed by atoms with van der Waals surface area (Å²) < 4.78 is 15.0. The van der Waals surface area contributed by atoms with Crippen molar-refractivity contribution in [1.29, 1.82) is 0 Å². The Bertz CT molecular complexity index is 337. The van der Waals surface area contributed by atoms with Crippen LogP contribution in [0.5, 0.6) is 0 Å². The van der Waals surface area contributed by atoms with Crippen LogP contribution in [0, 0.1) is 5.41 Å². The van der Waals surface area contributed by atoms with Crippen LogP contribution in [0.1, 0.15) is 34.6 Å². The van der Waals surface area contributed by atoms with Crippen LogP contribution in [0.4, 0.5) is 4.79 Å². The van der Waals surface area contributed by atoms with Crippen LogP contribution in [0.25, 0.3) is 0 Å². The fourth-order valence-corrected chi connectivity index (χ4v) is 2.06. The van der Waals surface area contributed by atoms with Crippen molar-refractivity contribution in [3.63, 3.8) is 0 Å². The van der Waals surface area contributed by atoms with Crippen molar-refractivity contribution in [1.82, 2.24) is 0 Å².